The Bertz CT molecular complexity index is 1040. The van der Waals surface area contributed by atoms with Gasteiger partial charge in [-0.1, -0.05) is 60.1 Å². The summed E-state index contributed by atoms with van der Waals surface area (Å²) in [6, 6.07) is 23.5. The average molecular weight is 386 g/mol. The van der Waals surface area contributed by atoms with Gasteiger partial charge in [0.05, 0.1) is 17.5 Å². The van der Waals surface area contributed by atoms with Gasteiger partial charge in [0, 0.05) is 16.9 Å². The first-order valence-electron chi connectivity index (χ1n) is 9.48. The summed E-state index contributed by atoms with van der Waals surface area (Å²) < 4.78 is 0. The van der Waals surface area contributed by atoms with Crippen LogP contribution in [0.4, 0.5) is 5.69 Å². The van der Waals surface area contributed by atoms with Gasteiger partial charge >= 0.3 is 0 Å². The van der Waals surface area contributed by atoms with Gasteiger partial charge < -0.3 is 0 Å². The normalized spacial score (nSPS) is 26.8. The number of hydrogen-bond acceptors (Lipinski definition) is 2. The minimum absolute atomic E-state index is 0.0730. The van der Waals surface area contributed by atoms with Crippen molar-refractivity contribution in [1.29, 1.82) is 0 Å². The average Bonchev–Trinajstić information content (AvgIpc) is 3.00. The van der Waals surface area contributed by atoms with Gasteiger partial charge in [-0.3, -0.25) is 9.59 Å². The molecule has 3 nitrogen and oxygen atoms in total. The van der Waals surface area contributed by atoms with Gasteiger partial charge in [0.2, 0.25) is 11.8 Å². The standard InChI is InChI=1S/C24H16ClNO2/c25-13-9-11-14(12-10-13)26-23(27)21-19-15-5-1-2-6-16(15)20(22(21)24(26)28)18-8-4-3-7-17(18)19/h1-12,19-22H/t19?,20?,21-,22-/m0/s1. The lowest BCUT2D eigenvalue weighted by molar-refractivity contribution is -0.122. The van der Waals surface area contributed by atoms with Gasteiger partial charge in [0.25, 0.3) is 0 Å². The first-order chi connectivity index (χ1) is 13.7. The molecule has 3 aromatic rings. The molecule has 7 rings (SSSR count). The van der Waals surface area contributed by atoms with Crippen molar-refractivity contribution in [3.8, 4) is 0 Å². The first kappa shape index (κ1) is 16.1. The van der Waals surface area contributed by atoms with Gasteiger partial charge in [-0.2, -0.15) is 0 Å². The molecule has 0 aromatic heterocycles. The van der Waals surface area contributed by atoms with Crippen LogP contribution in [-0.2, 0) is 9.59 Å². The van der Waals surface area contributed by atoms with Crippen LogP contribution in [0.2, 0.25) is 5.02 Å². The Labute approximate surface area is 167 Å². The molecule has 4 heteroatoms. The highest BCUT2D eigenvalue weighted by Gasteiger charge is 2.61. The fourth-order valence-corrected chi connectivity index (χ4v) is 5.65. The van der Waals surface area contributed by atoms with Gasteiger partial charge in [0.15, 0.2) is 0 Å². The molecule has 0 N–H and O–H groups in total. The largest absolute Gasteiger partial charge is 0.274 e. The van der Waals surface area contributed by atoms with Crippen molar-refractivity contribution in [3.05, 3.63) is 100 Å². The van der Waals surface area contributed by atoms with Crippen molar-refractivity contribution in [3.63, 3.8) is 0 Å². The van der Waals surface area contributed by atoms with Crippen LogP contribution in [0.15, 0.2) is 72.8 Å². The smallest absolute Gasteiger partial charge is 0.238 e. The van der Waals surface area contributed by atoms with Gasteiger partial charge in [-0.25, -0.2) is 4.90 Å². The van der Waals surface area contributed by atoms with E-state index in [1.807, 2.05) is 24.3 Å². The molecule has 3 aromatic carbocycles. The van der Waals surface area contributed by atoms with Crippen LogP contribution in [0.1, 0.15) is 34.1 Å². The number of rotatable bonds is 1. The third kappa shape index (κ3) is 1.90. The van der Waals surface area contributed by atoms with Crippen molar-refractivity contribution in [2.24, 2.45) is 11.8 Å². The quantitative estimate of drug-likeness (QED) is 0.567. The molecule has 2 atom stereocenters. The molecule has 2 amide bonds. The maximum Gasteiger partial charge on any atom is 0.238 e. The highest BCUT2D eigenvalue weighted by molar-refractivity contribution is 6.31. The second-order valence-corrected chi connectivity index (χ2v) is 8.19. The fraction of sp³-hybridized carbons (Fsp3) is 0.167. The summed E-state index contributed by atoms with van der Waals surface area (Å²) >= 11 is 6.00. The van der Waals surface area contributed by atoms with Gasteiger partial charge in [-0.05, 0) is 46.5 Å². The zero-order chi connectivity index (χ0) is 19.0. The number of nitrogens with zero attached hydrogens (tertiary/aromatic N) is 1. The number of halogens is 1. The SMILES string of the molecule is O=C1[C@H]2C3c4ccccc4C(c4ccccc43)[C@@H]2C(=O)N1c1ccc(Cl)cc1. The molecule has 0 radical (unpaired) electrons. The maximum atomic E-state index is 13.5. The van der Waals surface area contributed by atoms with Crippen LogP contribution in [0.3, 0.4) is 0 Å². The lowest BCUT2D eigenvalue weighted by Crippen LogP contribution is -2.41. The maximum absolute atomic E-state index is 13.5. The van der Waals surface area contributed by atoms with E-state index >= 15 is 0 Å². The van der Waals surface area contributed by atoms with Crippen LogP contribution in [0, 0.1) is 11.8 Å². The van der Waals surface area contributed by atoms with E-state index in [9.17, 15) is 9.59 Å². The Morgan fingerprint density at radius 1 is 0.607 bits per heavy atom. The molecule has 136 valence electrons. The monoisotopic (exact) mass is 385 g/mol. The second kappa shape index (κ2) is 5.55. The Hall–Kier alpha value is -2.91. The number of carbonyl (C=O) groups is 2. The van der Waals surface area contributed by atoms with E-state index < -0.39 is 0 Å². The molecule has 0 saturated carbocycles. The minimum atomic E-state index is -0.349. The highest BCUT2D eigenvalue weighted by Crippen LogP contribution is 2.61. The number of hydrogen-bond donors (Lipinski definition) is 0. The van der Waals surface area contributed by atoms with Crippen LogP contribution in [0.5, 0.6) is 0 Å². The van der Waals surface area contributed by atoms with E-state index in [4.69, 9.17) is 11.6 Å². The molecule has 1 heterocycles. The molecule has 0 spiro atoms. The molecule has 3 aliphatic carbocycles. The molecule has 1 saturated heterocycles. The molecule has 1 aliphatic heterocycles. The van der Waals surface area contributed by atoms with Crippen molar-refractivity contribution in [2.75, 3.05) is 4.90 Å². The van der Waals surface area contributed by atoms with Gasteiger partial charge in [-0.15, -0.1) is 0 Å². The van der Waals surface area contributed by atoms with Crippen molar-refractivity contribution in [1.82, 2.24) is 0 Å². The summed E-state index contributed by atoms with van der Waals surface area (Å²) in [7, 11) is 0. The van der Waals surface area contributed by atoms with Crippen molar-refractivity contribution < 1.29 is 9.59 Å². The number of amides is 2. The van der Waals surface area contributed by atoms with Crippen LogP contribution < -0.4 is 4.90 Å². The summed E-state index contributed by atoms with van der Waals surface area (Å²) in [6.07, 6.45) is 0. The van der Waals surface area contributed by atoms with E-state index in [0.29, 0.717) is 10.7 Å². The zero-order valence-electron chi connectivity index (χ0n) is 14.9. The number of benzene rings is 3. The topological polar surface area (TPSA) is 37.4 Å². The third-order valence-corrected chi connectivity index (χ3v) is 6.79. The minimum Gasteiger partial charge on any atom is -0.274 e. The van der Waals surface area contributed by atoms with Crippen LogP contribution >= 0.6 is 11.6 Å². The molecule has 28 heavy (non-hydrogen) atoms. The van der Waals surface area contributed by atoms with E-state index in [1.54, 1.807) is 24.3 Å². The predicted octanol–water partition coefficient (Wildman–Crippen LogP) is 4.74. The Kier molecular flexibility index (Phi) is 3.19. The molecular weight excluding hydrogens is 370 g/mol. The Balaban J connectivity index is 1.57. The van der Waals surface area contributed by atoms with E-state index in [2.05, 4.69) is 24.3 Å². The summed E-state index contributed by atoms with van der Waals surface area (Å²) in [5.74, 6) is -1.05. The lowest BCUT2D eigenvalue weighted by Gasteiger charge is -2.45. The second-order valence-electron chi connectivity index (χ2n) is 7.75. The van der Waals surface area contributed by atoms with E-state index in [-0.39, 0.29) is 35.5 Å². The molecular formula is C24H16ClNO2. The van der Waals surface area contributed by atoms with E-state index in [0.717, 1.165) is 0 Å². The lowest BCUT2D eigenvalue weighted by atomic mass is 9.55. The molecule has 0 unspecified atom stereocenters. The number of carbonyl (C=O) groups excluding carboxylic acids is 2. The number of imide groups is 1. The van der Waals surface area contributed by atoms with Crippen LogP contribution in [-0.4, -0.2) is 11.8 Å². The van der Waals surface area contributed by atoms with Crippen molar-refractivity contribution in [2.45, 2.75) is 11.8 Å². The zero-order valence-corrected chi connectivity index (χ0v) is 15.6. The van der Waals surface area contributed by atoms with E-state index in [1.165, 1.54) is 27.2 Å². The highest BCUT2D eigenvalue weighted by atomic mass is 35.5. The third-order valence-electron chi connectivity index (χ3n) is 6.53. The first-order valence-corrected chi connectivity index (χ1v) is 9.85. The molecule has 4 aliphatic rings. The van der Waals surface area contributed by atoms with Crippen LogP contribution in [0.25, 0.3) is 0 Å². The van der Waals surface area contributed by atoms with Gasteiger partial charge in [0.1, 0.15) is 0 Å². The molecule has 2 bridgehead atoms. The Morgan fingerprint density at radius 2 is 1.00 bits per heavy atom. The predicted molar refractivity (Wildman–Crippen MR) is 107 cm³/mol. The summed E-state index contributed by atoms with van der Waals surface area (Å²) in [5, 5.41) is 0.583. The van der Waals surface area contributed by atoms with Crippen molar-refractivity contribution >= 4 is 29.1 Å². The Morgan fingerprint density at radius 3 is 1.39 bits per heavy atom. The summed E-state index contributed by atoms with van der Waals surface area (Å²) in [5.41, 5.74) is 5.34. The summed E-state index contributed by atoms with van der Waals surface area (Å²) in [6.45, 7) is 0. The summed E-state index contributed by atoms with van der Waals surface area (Å²) in [4.78, 5) is 28.4. The fourth-order valence-electron chi connectivity index (χ4n) is 5.52. The number of anilines is 1. The molecule has 1 fully saturated rings.